The first kappa shape index (κ1) is 19.4. The largest absolute Gasteiger partial charge is 0.393 e. The lowest BCUT2D eigenvalue weighted by molar-refractivity contribution is -0.0704. The molecule has 2 fully saturated rings. The van der Waals surface area contributed by atoms with Gasteiger partial charge in [-0.1, -0.05) is 0 Å². The number of aromatic nitrogens is 1. The molecule has 2 aliphatic rings. The molecule has 0 bridgehead atoms. The average Bonchev–Trinajstić information content (AvgIpc) is 2.51. The summed E-state index contributed by atoms with van der Waals surface area (Å²) in [7, 11) is 0. The van der Waals surface area contributed by atoms with Crippen molar-refractivity contribution in [3.05, 3.63) is 17.7 Å². The number of morpholine rings is 1. The minimum atomic E-state index is -0.119. The molecule has 1 saturated carbocycles. The Morgan fingerprint density at radius 3 is 2.46 bits per heavy atom. The zero-order valence-corrected chi connectivity index (χ0v) is 16.2. The number of ether oxygens (including phenoxy) is 1. The van der Waals surface area contributed by atoms with E-state index in [4.69, 9.17) is 10.5 Å². The molecule has 1 aromatic heterocycles. The normalized spacial score (nSPS) is 31.2. The van der Waals surface area contributed by atoms with Gasteiger partial charge in [-0.25, -0.2) is 4.98 Å². The molecule has 0 amide bonds. The van der Waals surface area contributed by atoms with E-state index in [-0.39, 0.29) is 18.3 Å². The molecule has 6 nitrogen and oxygen atoms in total. The number of aliphatic hydroxyl groups excluding tert-OH is 1. The van der Waals surface area contributed by atoms with Crippen LogP contribution in [0.2, 0.25) is 0 Å². The van der Waals surface area contributed by atoms with E-state index in [1.807, 2.05) is 6.07 Å². The average molecular weight is 363 g/mol. The lowest BCUT2D eigenvalue weighted by atomic mass is 9.95. The first-order valence-electron chi connectivity index (χ1n) is 10.1. The van der Waals surface area contributed by atoms with Crippen LogP contribution in [-0.4, -0.2) is 52.4 Å². The topological polar surface area (TPSA) is 83.6 Å². The molecule has 4 N–H and O–H groups in total. The van der Waals surface area contributed by atoms with E-state index in [1.165, 1.54) is 5.56 Å². The van der Waals surface area contributed by atoms with Gasteiger partial charge < -0.3 is 20.9 Å². The Hall–Kier alpha value is -1.37. The van der Waals surface area contributed by atoms with Gasteiger partial charge in [0.05, 0.1) is 18.3 Å². The van der Waals surface area contributed by atoms with Crippen LogP contribution in [0, 0.1) is 0 Å². The Balaban J connectivity index is 1.61. The number of hydrogen-bond acceptors (Lipinski definition) is 6. The Kier molecular flexibility index (Phi) is 6.73. The number of aliphatic hydroxyl groups is 1. The van der Waals surface area contributed by atoms with Crippen molar-refractivity contribution in [2.75, 3.05) is 24.1 Å². The third kappa shape index (κ3) is 5.83. The molecule has 3 rings (SSSR count). The van der Waals surface area contributed by atoms with Crippen LogP contribution in [-0.2, 0) is 11.3 Å². The summed E-state index contributed by atoms with van der Waals surface area (Å²) in [5.74, 6) is 1.45. The lowest BCUT2D eigenvalue weighted by Crippen LogP contribution is -2.44. The summed E-state index contributed by atoms with van der Waals surface area (Å²) in [6, 6.07) is 4.52. The predicted octanol–water partition coefficient (Wildman–Crippen LogP) is 2.77. The van der Waals surface area contributed by atoms with Crippen LogP contribution in [0.1, 0.15) is 57.9 Å². The number of nitrogens with one attached hydrogen (secondary N) is 1. The molecule has 1 aliphatic heterocycles. The second-order valence-electron chi connectivity index (χ2n) is 8.09. The zero-order chi connectivity index (χ0) is 18.5. The molecule has 146 valence electrons. The fourth-order valence-electron chi connectivity index (χ4n) is 4.29. The first-order valence-corrected chi connectivity index (χ1v) is 10.1. The zero-order valence-electron chi connectivity index (χ0n) is 16.2. The van der Waals surface area contributed by atoms with Crippen LogP contribution >= 0.6 is 0 Å². The third-order valence-corrected chi connectivity index (χ3v) is 5.34. The van der Waals surface area contributed by atoms with Crippen molar-refractivity contribution in [1.82, 2.24) is 9.88 Å². The van der Waals surface area contributed by atoms with Crippen molar-refractivity contribution in [3.8, 4) is 0 Å². The van der Waals surface area contributed by atoms with Crippen molar-refractivity contribution in [3.63, 3.8) is 0 Å². The Morgan fingerprint density at radius 2 is 1.81 bits per heavy atom. The van der Waals surface area contributed by atoms with Crippen molar-refractivity contribution >= 4 is 11.6 Å². The third-order valence-electron chi connectivity index (χ3n) is 5.34. The number of pyridine rings is 1. The molecule has 0 aromatic carbocycles. The molecule has 1 aliphatic carbocycles. The number of rotatable bonds is 4. The highest BCUT2D eigenvalue weighted by atomic mass is 16.5. The minimum Gasteiger partial charge on any atom is -0.393 e. The van der Waals surface area contributed by atoms with Gasteiger partial charge in [-0.05, 0) is 70.1 Å². The molecule has 2 heterocycles. The van der Waals surface area contributed by atoms with Crippen LogP contribution in [0.3, 0.4) is 0 Å². The molecule has 1 aromatic rings. The van der Waals surface area contributed by atoms with Gasteiger partial charge in [-0.3, -0.25) is 4.90 Å². The minimum absolute atomic E-state index is 0.119. The molecule has 1 saturated heterocycles. The summed E-state index contributed by atoms with van der Waals surface area (Å²) in [6.07, 6.45) is 6.47. The van der Waals surface area contributed by atoms with Gasteiger partial charge in [0, 0.05) is 25.7 Å². The Morgan fingerprint density at radius 1 is 1.15 bits per heavy atom. The number of anilines is 2. The van der Waals surface area contributed by atoms with Gasteiger partial charge in [-0.2, -0.15) is 0 Å². The van der Waals surface area contributed by atoms with Gasteiger partial charge in [-0.15, -0.1) is 0 Å². The number of nitrogens with zero attached hydrogens (tertiary/aromatic N) is 2. The number of nitrogens with two attached hydrogens (primary N) is 1. The summed E-state index contributed by atoms with van der Waals surface area (Å²) in [4.78, 5) is 6.92. The van der Waals surface area contributed by atoms with E-state index in [9.17, 15) is 5.11 Å². The van der Waals surface area contributed by atoms with E-state index >= 15 is 0 Å². The molecule has 26 heavy (non-hydrogen) atoms. The smallest absolute Gasteiger partial charge is 0.128 e. The second kappa shape index (κ2) is 9.02. The van der Waals surface area contributed by atoms with Crippen molar-refractivity contribution < 1.29 is 9.84 Å². The van der Waals surface area contributed by atoms with Crippen LogP contribution in [0.5, 0.6) is 0 Å². The van der Waals surface area contributed by atoms with Crippen LogP contribution in [0.25, 0.3) is 0 Å². The highest BCUT2D eigenvalue weighted by molar-refractivity contribution is 5.47. The molecular formula is C20H34N4O2. The summed E-state index contributed by atoms with van der Waals surface area (Å²) in [5, 5.41) is 13.4. The molecule has 0 radical (unpaired) electrons. The molecular weight excluding hydrogens is 328 g/mol. The molecule has 0 spiro atoms. The quantitative estimate of drug-likeness (QED) is 0.764. The summed E-state index contributed by atoms with van der Waals surface area (Å²) in [5.41, 5.74) is 7.27. The Labute approximate surface area is 157 Å². The summed E-state index contributed by atoms with van der Waals surface area (Å²) in [6.45, 7) is 7.01. The molecule has 2 atom stereocenters. The highest BCUT2D eigenvalue weighted by Gasteiger charge is 2.22. The van der Waals surface area contributed by atoms with Crippen LogP contribution in [0.4, 0.5) is 11.6 Å². The highest BCUT2D eigenvalue weighted by Crippen LogP contribution is 2.23. The second-order valence-corrected chi connectivity index (χ2v) is 8.09. The van der Waals surface area contributed by atoms with Crippen LogP contribution in [0.15, 0.2) is 12.1 Å². The van der Waals surface area contributed by atoms with E-state index in [0.717, 1.165) is 64.0 Å². The fraction of sp³-hybridized carbons (Fsp3) is 0.750. The standard InChI is InChI=1S/C20H34N4O2/c1-14-11-24(12-15(2)26-14)13-16-9-19(21)23-20(10-16)22-17-5-3-7-18(25)8-4-6-17/h9-10,14-15,17-18,25H,3-8,11-13H2,1-2H3,(H3,21,22,23)/t14-,15+,17?,18?. The lowest BCUT2D eigenvalue weighted by Gasteiger charge is -2.35. The number of hydrogen-bond donors (Lipinski definition) is 3. The van der Waals surface area contributed by atoms with Crippen molar-refractivity contribution in [2.24, 2.45) is 0 Å². The molecule has 6 heteroatoms. The first-order chi connectivity index (χ1) is 12.5. The van der Waals surface area contributed by atoms with Gasteiger partial charge >= 0.3 is 0 Å². The molecule has 0 unspecified atom stereocenters. The predicted molar refractivity (Wildman–Crippen MR) is 105 cm³/mol. The van der Waals surface area contributed by atoms with E-state index in [0.29, 0.717) is 11.9 Å². The summed E-state index contributed by atoms with van der Waals surface area (Å²) >= 11 is 0. The fourth-order valence-corrected chi connectivity index (χ4v) is 4.29. The summed E-state index contributed by atoms with van der Waals surface area (Å²) < 4.78 is 5.82. The Bertz CT molecular complexity index is 563. The van der Waals surface area contributed by atoms with Gasteiger partial charge in [0.2, 0.25) is 0 Å². The maximum Gasteiger partial charge on any atom is 0.128 e. The maximum atomic E-state index is 9.79. The number of nitrogen functional groups attached to an aromatic ring is 1. The monoisotopic (exact) mass is 362 g/mol. The van der Waals surface area contributed by atoms with Crippen molar-refractivity contribution in [2.45, 2.75) is 83.3 Å². The van der Waals surface area contributed by atoms with Gasteiger partial charge in [0.1, 0.15) is 11.6 Å². The van der Waals surface area contributed by atoms with E-state index in [1.54, 1.807) is 0 Å². The maximum absolute atomic E-state index is 9.79. The van der Waals surface area contributed by atoms with E-state index < -0.39 is 0 Å². The van der Waals surface area contributed by atoms with E-state index in [2.05, 4.69) is 35.1 Å². The van der Waals surface area contributed by atoms with Crippen molar-refractivity contribution in [1.29, 1.82) is 0 Å². The SMILES string of the molecule is C[C@@H]1CN(Cc2cc(N)nc(NC3CCCC(O)CCC3)c2)C[C@H](C)O1. The van der Waals surface area contributed by atoms with Gasteiger partial charge in [0.25, 0.3) is 0 Å². The van der Waals surface area contributed by atoms with Gasteiger partial charge in [0.15, 0.2) is 0 Å². The van der Waals surface area contributed by atoms with Crippen LogP contribution < -0.4 is 11.1 Å².